The summed E-state index contributed by atoms with van der Waals surface area (Å²) >= 11 is 0. The lowest BCUT2D eigenvalue weighted by Gasteiger charge is -2.59. The Hall–Kier alpha value is -3.57. The van der Waals surface area contributed by atoms with Crippen LogP contribution in [-0.2, 0) is 17.9 Å². The van der Waals surface area contributed by atoms with Crippen molar-refractivity contribution in [1.82, 2.24) is 4.98 Å². The van der Waals surface area contributed by atoms with E-state index in [1.807, 2.05) is 6.20 Å². The fraction of sp³-hybridized carbons (Fsp3) is 0.293. The topological polar surface area (TPSA) is 22.1 Å². The summed E-state index contributed by atoms with van der Waals surface area (Å²) in [6.07, 6.45) is 5.73. The molecule has 4 heterocycles. The normalized spacial score (nSPS) is 23.3. The Bertz CT molecular complexity index is 1880. The van der Waals surface area contributed by atoms with Gasteiger partial charge in [-0.25, -0.2) is 0 Å². The minimum atomic E-state index is -0.0232. The molecule has 3 aliphatic heterocycles. The third kappa shape index (κ3) is 5.48. The Balaban J connectivity index is 0.00000325. The summed E-state index contributed by atoms with van der Waals surface area (Å²) in [5.74, 6) is 1.51. The van der Waals surface area contributed by atoms with Gasteiger partial charge < -0.3 is 26.2 Å². The summed E-state index contributed by atoms with van der Waals surface area (Å²) in [5, 5.41) is 6.69. The van der Waals surface area contributed by atoms with Crippen LogP contribution in [0.4, 0.5) is 0 Å². The molecule has 0 amide bonds. The summed E-state index contributed by atoms with van der Waals surface area (Å²) in [6.45, 7) is 6.47. The van der Waals surface area contributed by atoms with E-state index in [2.05, 4.69) is 122 Å². The van der Waals surface area contributed by atoms with Gasteiger partial charge in [0.15, 0.2) is 0 Å². The molecule has 0 aliphatic carbocycles. The van der Waals surface area contributed by atoms with Gasteiger partial charge in [0.25, 0.3) is 0 Å². The maximum Gasteiger partial charge on any atom is 0.135 e. The Morgan fingerprint density at radius 1 is 0.800 bits per heavy atom. The maximum absolute atomic E-state index is 7.18. The van der Waals surface area contributed by atoms with Gasteiger partial charge in [0.05, 0.1) is 25.2 Å². The van der Waals surface area contributed by atoms with Crippen LogP contribution < -0.4 is 17.0 Å². The average molecular weight is 658 g/mol. The molecule has 228 valence electrons. The van der Waals surface area contributed by atoms with Gasteiger partial charge in [0, 0.05) is 35.9 Å². The highest BCUT2D eigenvalue weighted by atomic mass is 79.9. The molecule has 0 saturated carbocycles. The van der Waals surface area contributed by atoms with Crippen LogP contribution >= 0.6 is 0 Å². The van der Waals surface area contributed by atoms with Gasteiger partial charge in [-0.2, -0.15) is 0 Å². The first-order chi connectivity index (χ1) is 21.7. The average Bonchev–Trinajstić information content (AvgIpc) is 3.09. The van der Waals surface area contributed by atoms with Crippen LogP contribution in [0.25, 0.3) is 32.4 Å². The third-order valence-corrected chi connectivity index (χ3v) is 10.9. The van der Waals surface area contributed by atoms with Crippen molar-refractivity contribution < 1.29 is 26.2 Å². The number of rotatable bonds is 8. The van der Waals surface area contributed by atoms with Gasteiger partial charge in [-0.15, -0.1) is 0 Å². The van der Waals surface area contributed by atoms with Crippen molar-refractivity contribution in [2.45, 2.75) is 51.5 Å². The smallest absolute Gasteiger partial charge is 0.135 e. The lowest BCUT2D eigenvalue weighted by atomic mass is 9.70. The zero-order chi connectivity index (χ0) is 29.5. The minimum absolute atomic E-state index is 0. The number of para-hydroxylation sites is 1. The number of halogens is 1. The number of piperidine rings is 3. The molecule has 0 N–H and O–H groups in total. The van der Waals surface area contributed by atoms with E-state index in [4.69, 9.17) is 9.72 Å². The van der Waals surface area contributed by atoms with E-state index in [0.29, 0.717) is 12.6 Å². The minimum Gasteiger partial charge on any atom is -1.00 e. The molecule has 1 aromatic heterocycles. The molecule has 45 heavy (non-hydrogen) atoms. The summed E-state index contributed by atoms with van der Waals surface area (Å²) in [4.78, 5) is 4.75. The molecule has 2 bridgehead atoms. The predicted octanol–water partition coefficient (Wildman–Crippen LogP) is 6.64. The van der Waals surface area contributed by atoms with Gasteiger partial charge in [0.1, 0.15) is 18.7 Å². The molecule has 6 aromatic rings. The Labute approximate surface area is 277 Å². The van der Waals surface area contributed by atoms with E-state index in [0.717, 1.165) is 28.4 Å². The van der Waals surface area contributed by atoms with E-state index in [-0.39, 0.29) is 23.1 Å². The van der Waals surface area contributed by atoms with Gasteiger partial charge in [-0.3, -0.25) is 4.98 Å². The molecule has 5 atom stereocenters. The summed E-state index contributed by atoms with van der Waals surface area (Å²) in [5.41, 5.74) is 5.06. The summed E-state index contributed by atoms with van der Waals surface area (Å²) < 4.78 is 8.26. The number of quaternary nitrogens is 1. The van der Waals surface area contributed by atoms with Gasteiger partial charge in [-0.1, -0.05) is 104 Å². The quantitative estimate of drug-likeness (QED) is 0.135. The molecular weight excluding hydrogens is 616 g/mol. The van der Waals surface area contributed by atoms with Crippen LogP contribution in [0.2, 0.25) is 0 Å². The first-order valence-corrected chi connectivity index (χ1v) is 16.5. The molecule has 9 rings (SSSR count). The van der Waals surface area contributed by atoms with E-state index >= 15 is 0 Å². The highest BCUT2D eigenvalue weighted by Gasteiger charge is 2.55. The fourth-order valence-electron chi connectivity index (χ4n) is 8.77. The zero-order valence-corrected chi connectivity index (χ0v) is 27.6. The molecule has 0 spiro atoms. The number of benzene rings is 5. The largest absolute Gasteiger partial charge is 1.00 e. The van der Waals surface area contributed by atoms with Gasteiger partial charge in [-0.05, 0) is 63.2 Å². The van der Waals surface area contributed by atoms with Crippen molar-refractivity contribution in [3.63, 3.8) is 0 Å². The van der Waals surface area contributed by atoms with E-state index in [9.17, 15) is 0 Å². The van der Waals surface area contributed by atoms with Crippen molar-refractivity contribution in [2.75, 3.05) is 13.1 Å². The van der Waals surface area contributed by atoms with Gasteiger partial charge >= 0.3 is 0 Å². The van der Waals surface area contributed by atoms with Crippen molar-refractivity contribution in [3.05, 3.63) is 138 Å². The lowest BCUT2D eigenvalue weighted by molar-refractivity contribution is -0.985. The van der Waals surface area contributed by atoms with Crippen LogP contribution in [0.1, 0.15) is 49.0 Å². The second kappa shape index (κ2) is 12.7. The van der Waals surface area contributed by atoms with Crippen molar-refractivity contribution in [1.29, 1.82) is 0 Å². The second-order valence-electron chi connectivity index (χ2n) is 13.2. The predicted molar refractivity (Wildman–Crippen MR) is 181 cm³/mol. The van der Waals surface area contributed by atoms with Crippen LogP contribution in [0, 0.1) is 11.8 Å². The molecule has 3 nitrogen and oxygen atoms in total. The summed E-state index contributed by atoms with van der Waals surface area (Å²) in [7, 11) is 0. The summed E-state index contributed by atoms with van der Waals surface area (Å²) in [6, 6.07) is 42.3. The van der Waals surface area contributed by atoms with Crippen molar-refractivity contribution in [3.8, 4) is 0 Å². The Morgan fingerprint density at radius 2 is 1.47 bits per heavy atom. The van der Waals surface area contributed by atoms with Crippen LogP contribution in [-0.4, -0.2) is 28.6 Å². The van der Waals surface area contributed by atoms with E-state index in [1.165, 1.54) is 76.0 Å². The monoisotopic (exact) mass is 656 g/mol. The Morgan fingerprint density at radius 3 is 2.20 bits per heavy atom. The SMILES string of the molecule is CC[C@@H]1C[N+]2(Cc3c4ccccc4cc4ccccc34)CC[C@H]1C[C@H]2[C@H](OCc1ccccc1)c1ccnc2ccccc12.[Br-]. The molecular formula is C41H41BrN2O. The molecule has 4 heteroatoms. The first-order valence-electron chi connectivity index (χ1n) is 16.5. The highest BCUT2D eigenvalue weighted by Crippen LogP contribution is 2.50. The zero-order valence-electron chi connectivity index (χ0n) is 26.0. The van der Waals surface area contributed by atoms with E-state index in [1.54, 1.807) is 0 Å². The van der Waals surface area contributed by atoms with Crippen molar-refractivity contribution >= 4 is 32.4 Å². The highest BCUT2D eigenvalue weighted by molar-refractivity contribution is 6.02. The standard InChI is InChI=1S/C41H41N2O.BrH/c1-2-30-26-43(27-38-34-16-8-6-14-32(34)24-33-15-7-9-17-35(33)38)23-21-31(30)25-40(43)41(44-28-29-12-4-3-5-13-29)37-20-22-42-39-19-11-10-18-36(37)39;/h3-20,22,24,30-31,40-41H,2,21,23,25-28H2,1H3;1H/q+1;/p-1/t30-,31+,40+,41-,43?;/m1./s1. The van der Waals surface area contributed by atoms with Crippen LogP contribution in [0.15, 0.2) is 121 Å². The first kappa shape index (κ1) is 30.1. The molecule has 3 saturated heterocycles. The van der Waals surface area contributed by atoms with Crippen molar-refractivity contribution in [2.24, 2.45) is 11.8 Å². The third-order valence-electron chi connectivity index (χ3n) is 10.9. The lowest BCUT2D eigenvalue weighted by Crippen LogP contribution is -3.00. The van der Waals surface area contributed by atoms with E-state index < -0.39 is 0 Å². The molecule has 5 aromatic carbocycles. The number of pyridine rings is 1. The number of ether oxygens (including phenoxy) is 1. The number of nitrogens with zero attached hydrogens (tertiary/aromatic N) is 2. The van der Waals surface area contributed by atoms with Crippen LogP contribution in [0.5, 0.6) is 0 Å². The number of fused-ring (bicyclic) bond motifs is 6. The number of aromatic nitrogens is 1. The molecule has 3 aliphatic rings. The maximum atomic E-state index is 7.18. The fourth-order valence-corrected chi connectivity index (χ4v) is 8.77. The molecule has 1 unspecified atom stereocenters. The Kier molecular flexibility index (Phi) is 8.48. The second-order valence-corrected chi connectivity index (χ2v) is 13.2. The molecule has 3 fully saturated rings. The number of hydrogen-bond donors (Lipinski definition) is 0. The van der Waals surface area contributed by atoms with Crippen LogP contribution in [0.3, 0.4) is 0 Å². The number of hydrogen-bond acceptors (Lipinski definition) is 2. The van der Waals surface area contributed by atoms with Gasteiger partial charge in [0.2, 0.25) is 0 Å². The molecule has 0 radical (unpaired) electrons.